The summed E-state index contributed by atoms with van der Waals surface area (Å²) in [6.45, 7) is 5.28. The smallest absolute Gasteiger partial charge is 0.475 e. The number of carboxylic acid groups (broad SMARTS) is 2. The highest BCUT2D eigenvalue weighted by Crippen LogP contribution is 2.42. The van der Waals surface area contributed by atoms with Gasteiger partial charge in [0.1, 0.15) is 0 Å². The lowest BCUT2D eigenvalue weighted by atomic mass is 10.0. The first-order valence-corrected chi connectivity index (χ1v) is 11.7. The number of nitrogens with two attached hydrogens (primary N) is 1. The minimum Gasteiger partial charge on any atom is -0.475 e. The summed E-state index contributed by atoms with van der Waals surface area (Å²) in [6.07, 6.45) is -0.407. The molecule has 0 saturated heterocycles. The third-order valence-electron chi connectivity index (χ3n) is 6.12. The number of carbonyl (C=O) groups excluding carboxylic acids is 1. The van der Waals surface area contributed by atoms with Gasteiger partial charge in [-0.05, 0) is 56.7 Å². The second-order valence-corrected chi connectivity index (χ2v) is 9.17. The van der Waals surface area contributed by atoms with Gasteiger partial charge < -0.3 is 25.7 Å². The first-order valence-electron chi connectivity index (χ1n) is 11.7. The Bertz CT molecular complexity index is 1090. The van der Waals surface area contributed by atoms with Gasteiger partial charge >= 0.3 is 24.3 Å². The standard InChI is InChI=1S/C20H26N4O.2C2HF3O2/c1-13-11-22-8-9-23(13)18-10-19(18)24(12-15-6-7-15)17-5-3-4-16(14(17)2)20(21)25;2*3-2(4,5)1(6)7/h3-5,8-9,11,13,15,18-19H,6-7,10,12H2,1-2H3,(H2,21,25);2*(H,6,7)/t13?,18-,19-;;/m1../s1. The molecular weight excluding hydrogens is 538 g/mol. The van der Waals surface area contributed by atoms with Crippen LogP contribution >= 0.6 is 0 Å². The maximum atomic E-state index is 11.7. The van der Waals surface area contributed by atoms with Crippen molar-refractivity contribution in [2.24, 2.45) is 16.6 Å². The first kappa shape index (κ1) is 31.4. The van der Waals surface area contributed by atoms with Crippen LogP contribution in [-0.2, 0) is 9.59 Å². The summed E-state index contributed by atoms with van der Waals surface area (Å²) in [7, 11) is 0. The van der Waals surface area contributed by atoms with E-state index < -0.39 is 24.3 Å². The monoisotopic (exact) mass is 566 g/mol. The number of carbonyl (C=O) groups is 3. The number of benzene rings is 1. The molecule has 1 heterocycles. The number of nitrogens with zero attached hydrogens (tertiary/aromatic N) is 3. The van der Waals surface area contributed by atoms with Crippen molar-refractivity contribution in [3.8, 4) is 0 Å². The number of hydrogen-bond acceptors (Lipinski definition) is 6. The quantitative estimate of drug-likeness (QED) is 0.444. The predicted molar refractivity (Wildman–Crippen MR) is 128 cm³/mol. The molecule has 1 aromatic rings. The molecular formula is C24H28F6N4O5. The van der Waals surface area contributed by atoms with E-state index in [1.165, 1.54) is 12.8 Å². The second-order valence-electron chi connectivity index (χ2n) is 9.17. The van der Waals surface area contributed by atoms with Gasteiger partial charge in [-0.15, -0.1) is 0 Å². The van der Waals surface area contributed by atoms with Crippen LogP contribution < -0.4 is 10.6 Å². The van der Waals surface area contributed by atoms with Crippen LogP contribution in [0.2, 0.25) is 0 Å². The van der Waals surface area contributed by atoms with Gasteiger partial charge in [0.15, 0.2) is 0 Å². The number of hydrogen-bond donors (Lipinski definition) is 3. The Hall–Kier alpha value is -3.78. The lowest BCUT2D eigenvalue weighted by molar-refractivity contribution is -0.193. The van der Waals surface area contributed by atoms with Crippen molar-refractivity contribution < 1.29 is 50.9 Å². The molecule has 0 bridgehead atoms. The molecule has 3 atom stereocenters. The highest BCUT2D eigenvalue weighted by atomic mass is 19.4. The zero-order valence-corrected chi connectivity index (χ0v) is 20.9. The van der Waals surface area contributed by atoms with Gasteiger partial charge in [-0.1, -0.05) is 6.07 Å². The SMILES string of the molecule is Cc1c(C(N)=O)cccc1N(CC1CC1)[C@@H]1C[C@H]1N1C=CN=CC1C.O=C(O)C(F)(F)F.O=C(O)C(F)(F)F. The van der Waals surface area contributed by atoms with Crippen LogP contribution in [0.4, 0.5) is 32.0 Å². The fraction of sp³-hybridized carbons (Fsp3) is 0.500. The van der Waals surface area contributed by atoms with Crippen molar-refractivity contribution in [3.05, 3.63) is 41.7 Å². The highest BCUT2D eigenvalue weighted by molar-refractivity contribution is 5.95. The molecule has 4 rings (SSSR count). The molecule has 1 aromatic carbocycles. The molecule has 0 spiro atoms. The molecule has 0 radical (unpaired) electrons. The average Bonchev–Trinajstić information content (AvgIpc) is 3.73. The fourth-order valence-corrected chi connectivity index (χ4v) is 3.93. The number of primary amides is 1. The van der Waals surface area contributed by atoms with Gasteiger partial charge in [0, 0.05) is 36.4 Å². The summed E-state index contributed by atoms with van der Waals surface area (Å²) in [5, 5.41) is 14.2. The lowest BCUT2D eigenvalue weighted by Gasteiger charge is -2.32. The summed E-state index contributed by atoms with van der Waals surface area (Å²) in [5.41, 5.74) is 8.36. The predicted octanol–water partition coefficient (Wildman–Crippen LogP) is 3.96. The van der Waals surface area contributed by atoms with Crippen molar-refractivity contribution >= 4 is 29.7 Å². The minimum absolute atomic E-state index is 0.334. The fourth-order valence-electron chi connectivity index (χ4n) is 3.93. The summed E-state index contributed by atoms with van der Waals surface area (Å²) in [5.74, 6) is -5.07. The first-order chi connectivity index (χ1) is 17.9. The Labute approximate surface area is 219 Å². The van der Waals surface area contributed by atoms with E-state index >= 15 is 0 Å². The van der Waals surface area contributed by atoms with E-state index in [-0.39, 0.29) is 5.91 Å². The van der Waals surface area contributed by atoms with Gasteiger partial charge in [0.25, 0.3) is 0 Å². The van der Waals surface area contributed by atoms with E-state index in [0.717, 1.165) is 30.1 Å². The van der Waals surface area contributed by atoms with Crippen molar-refractivity contribution in [3.63, 3.8) is 0 Å². The third kappa shape index (κ3) is 9.18. The summed E-state index contributed by atoms with van der Waals surface area (Å²) >= 11 is 0. The van der Waals surface area contributed by atoms with Crippen LogP contribution in [0.5, 0.6) is 0 Å². The van der Waals surface area contributed by atoms with E-state index in [4.69, 9.17) is 25.5 Å². The van der Waals surface area contributed by atoms with Gasteiger partial charge in [0.2, 0.25) is 5.91 Å². The minimum atomic E-state index is -5.08. The number of halogens is 6. The molecule has 39 heavy (non-hydrogen) atoms. The molecule has 3 aliphatic rings. The molecule has 216 valence electrons. The van der Waals surface area contributed by atoms with Crippen LogP contribution in [-0.4, -0.2) is 76.2 Å². The maximum absolute atomic E-state index is 11.7. The Morgan fingerprint density at radius 2 is 1.62 bits per heavy atom. The molecule has 9 nitrogen and oxygen atoms in total. The van der Waals surface area contributed by atoms with Crippen molar-refractivity contribution in [2.45, 2.75) is 63.6 Å². The van der Waals surface area contributed by atoms with E-state index in [9.17, 15) is 31.1 Å². The summed E-state index contributed by atoms with van der Waals surface area (Å²) in [4.78, 5) is 38.7. The number of carboxylic acids is 2. The Balaban J connectivity index is 0.000000317. The van der Waals surface area contributed by atoms with Gasteiger partial charge in [-0.2, -0.15) is 26.3 Å². The van der Waals surface area contributed by atoms with Crippen LogP contribution in [0.15, 0.2) is 35.6 Å². The molecule has 1 unspecified atom stereocenters. The van der Waals surface area contributed by atoms with Crippen molar-refractivity contribution in [1.82, 2.24) is 4.90 Å². The van der Waals surface area contributed by atoms with E-state index in [2.05, 4.69) is 34.0 Å². The zero-order chi connectivity index (χ0) is 29.7. The Morgan fingerprint density at radius 3 is 2.05 bits per heavy atom. The largest absolute Gasteiger partial charge is 0.490 e. The molecule has 1 aliphatic heterocycles. The highest BCUT2D eigenvalue weighted by Gasteiger charge is 2.48. The van der Waals surface area contributed by atoms with Crippen LogP contribution in [0, 0.1) is 12.8 Å². The van der Waals surface area contributed by atoms with E-state index in [1.807, 2.05) is 31.5 Å². The number of rotatable bonds is 6. The van der Waals surface area contributed by atoms with Crippen LogP contribution in [0.3, 0.4) is 0 Å². The molecule has 2 fully saturated rings. The summed E-state index contributed by atoms with van der Waals surface area (Å²) < 4.78 is 63.5. The topological polar surface area (TPSA) is 137 Å². The molecule has 1 amide bonds. The average molecular weight is 566 g/mol. The van der Waals surface area contributed by atoms with Crippen molar-refractivity contribution in [2.75, 3.05) is 11.4 Å². The number of amides is 1. The lowest BCUT2D eigenvalue weighted by Crippen LogP contribution is -2.39. The van der Waals surface area contributed by atoms with Crippen LogP contribution in [0.1, 0.15) is 42.1 Å². The van der Waals surface area contributed by atoms with E-state index in [0.29, 0.717) is 23.7 Å². The van der Waals surface area contributed by atoms with Crippen LogP contribution in [0.25, 0.3) is 0 Å². The van der Waals surface area contributed by atoms with Gasteiger partial charge in [0.05, 0.1) is 18.1 Å². The molecule has 15 heteroatoms. The van der Waals surface area contributed by atoms with Crippen molar-refractivity contribution in [1.29, 1.82) is 0 Å². The Morgan fingerprint density at radius 1 is 1.08 bits per heavy atom. The Kier molecular flexibility index (Phi) is 9.98. The van der Waals surface area contributed by atoms with Gasteiger partial charge in [-0.3, -0.25) is 9.79 Å². The second kappa shape index (κ2) is 12.4. The maximum Gasteiger partial charge on any atom is 0.490 e. The zero-order valence-electron chi connectivity index (χ0n) is 20.9. The number of aliphatic imine (C=N–C) groups is 1. The number of aliphatic carboxylic acids is 2. The number of alkyl halides is 6. The van der Waals surface area contributed by atoms with E-state index in [1.54, 1.807) is 0 Å². The molecule has 2 aliphatic carbocycles. The normalized spacial score (nSPS) is 21.6. The number of anilines is 1. The molecule has 0 aromatic heterocycles. The molecule has 4 N–H and O–H groups in total. The molecule has 2 saturated carbocycles. The van der Waals surface area contributed by atoms with Gasteiger partial charge in [-0.25, -0.2) is 9.59 Å². The summed E-state index contributed by atoms with van der Waals surface area (Å²) in [6, 6.07) is 7.24. The third-order valence-corrected chi connectivity index (χ3v) is 6.12.